The summed E-state index contributed by atoms with van der Waals surface area (Å²) in [5.74, 6) is 0. The summed E-state index contributed by atoms with van der Waals surface area (Å²) in [4.78, 5) is 1.43. The highest BCUT2D eigenvalue weighted by Gasteiger charge is 1.97. The van der Waals surface area contributed by atoms with Crippen LogP contribution in [0.5, 0.6) is 0 Å². The normalized spacial score (nSPS) is 9.75. The lowest BCUT2D eigenvalue weighted by Crippen LogP contribution is -2.33. The molecule has 8 heavy (non-hydrogen) atoms. The van der Waals surface area contributed by atoms with Gasteiger partial charge in [-0.3, -0.25) is 0 Å². The molecule has 0 spiro atoms. The smallest absolute Gasteiger partial charge is 0.181 e. The van der Waals surface area contributed by atoms with Crippen LogP contribution in [0, 0.1) is 0 Å². The Labute approximate surface area is 52.5 Å². The van der Waals surface area contributed by atoms with E-state index in [4.69, 9.17) is 12.6 Å². The van der Waals surface area contributed by atoms with E-state index in [-0.39, 0.29) is 0 Å². The van der Waals surface area contributed by atoms with Crippen molar-refractivity contribution in [2.45, 2.75) is 5.16 Å². The Morgan fingerprint density at radius 1 is 1.75 bits per heavy atom. The molecule has 0 aliphatic rings. The summed E-state index contributed by atoms with van der Waals surface area (Å²) in [5.41, 5.74) is 0. The number of hydrogen-bond acceptors (Lipinski definition) is 3. The third kappa shape index (κ3) is 0.764. The topological polar surface area (TPSA) is 34.6 Å². The summed E-state index contributed by atoms with van der Waals surface area (Å²) >= 11 is 4.74. The van der Waals surface area contributed by atoms with Crippen LogP contribution in [0.2, 0.25) is 0 Å². The Hall–Kier alpha value is -0.710. The van der Waals surface area contributed by atoms with Gasteiger partial charge in [0.05, 0.1) is 12.3 Å². The van der Waals surface area contributed by atoms with E-state index in [0.717, 1.165) is 0 Å². The standard InChI is InChI=1S/C3H6N4S/c1-6-3(8)4-7(2)5-6/h1-2H3. The lowest BCUT2D eigenvalue weighted by atomic mass is 11.2. The third-order valence-electron chi connectivity index (χ3n) is 0.771. The van der Waals surface area contributed by atoms with Gasteiger partial charge in [-0.15, -0.1) is 0 Å². The summed E-state index contributed by atoms with van der Waals surface area (Å²) in [7, 11) is 3.49. The lowest BCUT2D eigenvalue weighted by molar-refractivity contribution is -0.767. The van der Waals surface area contributed by atoms with Crippen LogP contribution in [-0.2, 0) is 26.7 Å². The molecule has 0 N–H and O–H groups in total. The van der Waals surface area contributed by atoms with E-state index in [9.17, 15) is 0 Å². The molecule has 0 bridgehead atoms. The molecule has 5 heteroatoms. The van der Waals surface area contributed by atoms with Gasteiger partial charge in [0.1, 0.15) is 7.05 Å². The maximum absolute atomic E-state index is 4.74. The van der Waals surface area contributed by atoms with Gasteiger partial charge in [0.15, 0.2) is 5.16 Å². The molecule has 0 fully saturated rings. The average Bonchev–Trinajstić information content (AvgIpc) is 1.85. The van der Waals surface area contributed by atoms with Crippen LogP contribution >= 0.6 is 0 Å². The first-order chi connectivity index (χ1) is 3.70. The van der Waals surface area contributed by atoms with Gasteiger partial charge in [-0.25, -0.2) is 0 Å². The molecule has 0 unspecified atom stereocenters. The Kier molecular flexibility index (Phi) is 1.13. The number of nitrogens with zero attached hydrogens (tertiary/aromatic N) is 4. The largest absolute Gasteiger partial charge is 0.701 e. The molecular formula is C3H6N4S. The van der Waals surface area contributed by atoms with Crippen LogP contribution in [-0.4, -0.2) is 15.1 Å². The third-order valence-corrected chi connectivity index (χ3v) is 1.12. The second kappa shape index (κ2) is 1.66. The monoisotopic (exact) mass is 130 g/mol. The van der Waals surface area contributed by atoms with E-state index in [2.05, 4.69) is 10.3 Å². The van der Waals surface area contributed by atoms with E-state index in [0.29, 0.717) is 5.16 Å². The van der Waals surface area contributed by atoms with Crippen LogP contribution in [0.25, 0.3) is 0 Å². The van der Waals surface area contributed by atoms with Gasteiger partial charge in [0.25, 0.3) is 0 Å². The van der Waals surface area contributed by atoms with Crippen LogP contribution < -0.4 is 4.68 Å². The SMILES string of the molecule is Cn1nc([S-])[n+](C)n1. The molecule has 0 atom stereocenters. The van der Waals surface area contributed by atoms with Crippen molar-refractivity contribution in [3.05, 3.63) is 0 Å². The van der Waals surface area contributed by atoms with Crippen molar-refractivity contribution in [1.82, 2.24) is 15.1 Å². The molecule has 1 rings (SSSR count). The van der Waals surface area contributed by atoms with Crippen molar-refractivity contribution in [1.29, 1.82) is 0 Å². The number of hydrogen-bond donors (Lipinski definition) is 0. The molecule has 4 nitrogen and oxygen atoms in total. The minimum absolute atomic E-state index is 0.507. The first kappa shape index (κ1) is 5.43. The van der Waals surface area contributed by atoms with E-state index in [1.165, 1.54) is 9.48 Å². The van der Waals surface area contributed by atoms with E-state index in [1.807, 2.05) is 0 Å². The van der Waals surface area contributed by atoms with Crippen LogP contribution in [0.3, 0.4) is 0 Å². The molecule has 44 valence electrons. The second-order valence-corrected chi connectivity index (χ2v) is 1.85. The fourth-order valence-electron chi connectivity index (χ4n) is 0.441. The molecule has 1 heterocycles. The zero-order valence-corrected chi connectivity index (χ0v) is 5.51. The van der Waals surface area contributed by atoms with Crippen molar-refractivity contribution in [2.75, 3.05) is 0 Å². The van der Waals surface area contributed by atoms with E-state index >= 15 is 0 Å². The summed E-state index contributed by atoms with van der Waals surface area (Å²) < 4.78 is 1.54. The van der Waals surface area contributed by atoms with Crippen molar-refractivity contribution in [3.8, 4) is 0 Å². The number of rotatable bonds is 0. The minimum Gasteiger partial charge on any atom is -0.701 e. The molecule has 0 aliphatic heterocycles. The van der Waals surface area contributed by atoms with E-state index < -0.39 is 0 Å². The zero-order chi connectivity index (χ0) is 6.15. The highest BCUT2D eigenvalue weighted by molar-refractivity contribution is 7.58. The van der Waals surface area contributed by atoms with Crippen LogP contribution in [0.1, 0.15) is 0 Å². The number of tetrazole rings is 1. The minimum atomic E-state index is 0.507. The zero-order valence-electron chi connectivity index (χ0n) is 4.70. The molecule has 1 aromatic rings. The van der Waals surface area contributed by atoms with Gasteiger partial charge >= 0.3 is 0 Å². The molecule has 0 saturated heterocycles. The highest BCUT2D eigenvalue weighted by Crippen LogP contribution is 1.72. The maximum Gasteiger partial charge on any atom is 0.181 e. The highest BCUT2D eigenvalue weighted by atomic mass is 32.1. The van der Waals surface area contributed by atoms with E-state index in [1.54, 1.807) is 14.1 Å². The average molecular weight is 130 g/mol. The van der Waals surface area contributed by atoms with Gasteiger partial charge in [-0.05, 0) is 4.80 Å². The maximum atomic E-state index is 4.74. The first-order valence-corrected chi connectivity index (χ1v) is 2.55. The molecular weight excluding hydrogens is 124 g/mol. The lowest BCUT2D eigenvalue weighted by Gasteiger charge is -1.85. The molecule has 0 amide bonds. The predicted molar refractivity (Wildman–Crippen MR) is 27.8 cm³/mol. The summed E-state index contributed by atoms with van der Waals surface area (Å²) in [6, 6.07) is 0. The molecule has 0 saturated carbocycles. The van der Waals surface area contributed by atoms with Gasteiger partial charge < -0.3 is 12.6 Å². The Morgan fingerprint density at radius 3 is 2.50 bits per heavy atom. The van der Waals surface area contributed by atoms with Crippen LogP contribution in [0.15, 0.2) is 5.16 Å². The summed E-state index contributed by atoms with van der Waals surface area (Å²) in [6.45, 7) is 0. The fourth-order valence-corrected chi connectivity index (χ4v) is 0.596. The van der Waals surface area contributed by atoms with Crippen LogP contribution in [0.4, 0.5) is 0 Å². The summed E-state index contributed by atoms with van der Waals surface area (Å²) in [5, 5.41) is 8.13. The van der Waals surface area contributed by atoms with Gasteiger partial charge in [-0.2, -0.15) is 4.68 Å². The Balaban J connectivity index is 3.14. The van der Waals surface area contributed by atoms with Gasteiger partial charge in [0, 0.05) is 5.10 Å². The number of aryl methyl sites for hydroxylation is 2. The van der Waals surface area contributed by atoms with Crippen molar-refractivity contribution < 1.29 is 4.68 Å². The molecule has 0 aromatic carbocycles. The number of aromatic nitrogens is 4. The van der Waals surface area contributed by atoms with Crippen molar-refractivity contribution in [2.24, 2.45) is 14.1 Å². The predicted octanol–water partition coefficient (Wildman–Crippen LogP) is -1.45. The van der Waals surface area contributed by atoms with Gasteiger partial charge in [0.2, 0.25) is 0 Å². The van der Waals surface area contributed by atoms with Crippen molar-refractivity contribution >= 4 is 12.6 Å². The fraction of sp³-hybridized carbons (Fsp3) is 0.667. The second-order valence-electron chi connectivity index (χ2n) is 1.49. The molecule has 1 aromatic heterocycles. The molecule has 0 radical (unpaired) electrons. The van der Waals surface area contributed by atoms with Gasteiger partial charge in [-0.1, -0.05) is 0 Å². The Bertz CT molecular complexity index is 174. The molecule has 0 aliphatic carbocycles. The van der Waals surface area contributed by atoms with Crippen molar-refractivity contribution in [3.63, 3.8) is 0 Å². The first-order valence-electron chi connectivity index (χ1n) is 2.15. The quantitative estimate of drug-likeness (QED) is 0.318. The Morgan fingerprint density at radius 2 is 2.38 bits per heavy atom. The summed E-state index contributed by atoms with van der Waals surface area (Å²) in [6.07, 6.45) is 0.